The quantitative estimate of drug-likeness (QED) is 0.930. The summed E-state index contributed by atoms with van der Waals surface area (Å²) in [6.07, 6.45) is 1.83. The fraction of sp³-hybridized carbons (Fsp3) is 0.182. The molecule has 0 amide bonds. The molecular formula is C11H13Cl2N3O. The van der Waals surface area contributed by atoms with Crippen LogP contribution in [-0.2, 0) is 0 Å². The van der Waals surface area contributed by atoms with Gasteiger partial charge in [-0.3, -0.25) is 0 Å². The number of benzene rings is 1. The summed E-state index contributed by atoms with van der Waals surface area (Å²) in [6, 6.07) is 9.21. The van der Waals surface area contributed by atoms with Crippen LogP contribution in [0.4, 0.5) is 0 Å². The highest BCUT2D eigenvalue weighted by Crippen LogP contribution is 2.15. The molecule has 2 rings (SSSR count). The molecule has 0 atom stereocenters. The number of aromatic nitrogens is 2. The molecule has 1 aromatic heterocycles. The van der Waals surface area contributed by atoms with Gasteiger partial charge in [0.25, 0.3) is 0 Å². The summed E-state index contributed by atoms with van der Waals surface area (Å²) in [7, 11) is 0. The molecule has 0 aliphatic carbocycles. The van der Waals surface area contributed by atoms with Crippen LogP contribution in [0.2, 0.25) is 5.02 Å². The Morgan fingerprint density at radius 1 is 1.24 bits per heavy atom. The summed E-state index contributed by atoms with van der Waals surface area (Å²) in [5.74, 6) is 0.570. The normalized spacial score (nSPS) is 9.76. The van der Waals surface area contributed by atoms with Crippen LogP contribution in [0.25, 0.3) is 5.69 Å². The molecule has 92 valence electrons. The molecule has 0 aliphatic heterocycles. The molecule has 2 N–H and O–H groups in total. The Balaban J connectivity index is 0.00000144. The molecule has 4 nitrogen and oxygen atoms in total. The first-order valence-corrected chi connectivity index (χ1v) is 5.32. The lowest BCUT2D eigenvalue weighted by Crippen LogP contribution is -2.11. The summed E-state index contributed by atoms with van der Waals surface area (Å²) in [4.78, 5) is 0. The molecule has 17 heavy (non-hydrogen) atoms. The number of halogens is 2. The van der Waals surface area contributed by atoms with E-state index in [2.05, 4.69) is 5.10 Å². The van der Waals surface area contributed by atoms with Crippen LogP contribution >= 0.6 is 24.0 Å². The minimum atomic E-state index is 0. The van der Waals surface area contributed by atoms with Crippen molar-refractivity contribution in [2.24, 2.45) is 5.73 Å². The lowest BCUT2D eigenvalue weighted by atomic mass is 10.3. The van der Waals surface area contributed by atoms with E-state index in [1.54, 1.807) is 10.7 Å². The molecule has 6 heteroatoms. The predicted octanol–water partition coefficient (Wildman–Crippen LogP) is 2.29. The van der Waals surface area contributed by atoms with Gasteiger partial charge in [0, 0.05) is 23.8 Å². The standard InChI is InChI=1S/C11H12ClN3O.ClH/c12-9-1-3-10(4-2-9)15-7-5-11(14-15)16-8-6-13;/h1-5,7H,6,8,13H2;1H. The van der Waals surface area contributed by atoms with Crippen LogP contribution < -0.4 is 10.5 Å². The smallest absolute Gasteiger partial charge is 0.233 e. The molecule has 1 aromatic carbocycles. The van der Waals surface area contributed by atoms with Gasteiger partial charge in [0.05, 0.1) is 5.69 Å². The molecule has 0 unspecified atom stereocenters. The van der Waals surface area contributed by atoms with Crippen molar-refractivity contribution in [3.8, 4) is 11.6 Å². The zero-order valence-electron chi connectivity index (χ0n) is 9.04. The highest BCUT2D eigenvalue weighted by atomic mass is 35.5. The van der Waals surface area contributed by atoms with Crippen LogP contribution in [0.3, 0.4) is 0 Å². The summed E-state index contributed by atoms with van der Waals surface area (Å²) in [5, 5.41) is 4.95. The van der Waals surface area contributed by atoms with Gasteiger partial charge < -0.3 is 10.5 Å². The van der Waals surface area contributed by atoms with E-state index in [1.165, 1.54) is 0 Å². The molecular weight excluding hydrogens is 261 g/mol. The number of nitrogens with two attached hydrogens (primary N) is 1. The van der Waals surface area contributed by atoms with Gasteiger partial charge in [0.1, 0.15) is 6.61 Å². The Labute approximate surface area is 111 Å². The topological polar surface area (TPSA) is 53.1 Å². The van der Waals surface area contributed by atoms with E-state index in [0.717, 1.165) is 5.69 Å². The van der Waals surface area contributed by atoms with Gasteiger partial charge in [-0.2, -0.15) is 0 Å². The number of hydrogen-bond acceptors (Lipinski definition) is 3. The molecule has 1 heterocycles. The van der Waals surface area contributed by atoms with Gasteiger partial charge in [-0.15, -0.1) is 17.5 Å². The SMILES string of the molecule is Cl.NCCOc1ccn(-c2ccc(Cl)cc2)n1. The molecule has 0 saturated carbocycles. The van der Waals surface area contributed by atoms with Crippen molar-refractivity contribution >= 4 is 24.0 Å². The maximum absolute atomic E-state index is 5.80. The second-order valence-corrected chi connectivity index (χ2v) is 3.65. The van der Waals surface area contributed by atoms with Crippen LogP contribution in [0.15, 0.2) is 36.5 Å². The van der Waals surface area contributed by atoms with E-state index in [1.807, 2.05) is 30.5 Å². The van der Waals surface area contributed by atoms with Crippen molar-refractivity contribution in [3.05, 3.63) is 41.6 Å². The second kappa shape index (κ2) is 6.49. The molecule has 0 aliphatic rings. The Bertz CT molecular complexity index is 456. The van der Waals surface area contributed by atoms with E-state index in [-0.39, 0.29) is 12.4 Å². The van der Waals surface area contributed by atoms with Crippen LogP contribution in [0, 0.1) is 0 Å². The lowest BCUT2D eigenvalue weighted by Gasteiger charge is -2.01. The largest absolute Gasteiger partial charge is 0.475 e. The van der Waals surface area contributed by atoms with Crippen molar-refractivity contribution in [1.29, 1.82) is 0 Å². The average Bonchev–Trinajstić information content (AvgIpc) is 2.76. The third kappa shape index (κ3) is 3.63. The van der Waals surface area contributed by atoms with Crippen molar-refractivity contribution in [2.75, 3.05) is 13.2 Å². The molecule has 0 bridgehead atoms. The molecule has 0 saturated heterocycles. The van der Waals surface area contributed by atoms with Crippen LogP contribution in [0.5, 0.6) is 5.88 Å². The van der Waals surface area contributed by atoms with E-state index in [4.69, 9.17) is 22.1 Å². The maximum atomic E-state index is 5.80. The average molecular weight is 274 g/mol. The zero-order valence-corrected chi connectivity index (χ0v) is 10.6. The van der Waals surface area contributed by atoms with E-state index in [9.17, 15) is 0 Å². The van der Waals surface area contributed by atoms with Crippen LogP contribution in [-0.4, -0.2) is 22.9 Å². The van der Waals surface area contributed by atoms with Crippen LogP contribution in [0.1, 0.15) is 0 Å². The first kappa shape index (κ1) is 13.8. The fourth-order valence-corrected chi connectivity index (χ4v) is 1.41. The Morgan fingerprint density at radius 3 is 2.59 bits per heavy atom. The van der Waals surface area contributed by atoms with E-state index < -0.39 is 0 Å². The molecule has 2 aromatic rings. The fourth-order valence-electron chi connectivity index (χ4n) is 1.29. The third-order valence-electron chi connectivity index (χ3n) is 2.02. The zero-order chi connectivity index (χ0) is 11.4. The van der Waals surface area contributed by atoms with Gasteiger partial charge in [-0.1, -0.05) is 11.6 Å². The highest BCUT2D eigenvalue weighted by molar-refractivity contribution is 6.30. The number of ether oxygens (including phenoxy) is 1. The second-order valence-electron chi connectivity index (χ2n) is 3.21. The number of rotatable bonds is 4. The molecule has 0 spiro atoms. The minimum absolute atomic E-state index is 0. The third-order valence-corrected chi connectivity index (χ3v) is 2.28. The highest BCUT2D eigenvalue weighted by Gasteiger charge is 2.01. The first-order chi connectivity index (χ1) is 7.79. The van der Waals surface area contributed by atoms with Gasteiger partial charge >= 0.3 is 0 Å². The van der Waals surface area contributed by atoms with Crippen molar-refractivity contribution < 1.29 is 4.74 Å². The summed E-state index contributed by atoms with van der Waals surface area (Å²) in [5.41, 5.74) is 6.27. The van der Waals surface area contributed by atoms with Crippen molar-refractivity contribution in [2.45, 2.75) is 0 Å². The molecule has 0 radical (unpaired) electrons. The predicted molar refractivity (Wildman–Crippen MR) is 70.4 cm³/mol. The van der Waals surface area contributed by atoms with Crippen molar-refractivity contribution in [1.82, 2.24) is 9.78 Å². The lowest BCUT2D eigenvalue weighted by molar-refractivity contribution is 0.313. The van der Waals surface area contributed by atoms with Gasteiger partial charge in [-0.05, 0) is 24.3 Å². The number of hydrogen-bond donors (Lipinski definition) is 1. The van der Waals surface area contributed by atoms with Crippen molar-refractivity contribution in [3.63, 3.8) is 0 Å². The monoisotopic (exact) mass is 273 g/mol. The van der Waals surface area contributed by atoms with E-state index >= 15 is 0 Å². The van der Waals surface area contributed by atoms with E-state index in [0.29, 0.717) is 24.1 Å². The van der Waals surface area contributed by atoms with Gasteiger partial charge in [0.2, 0.25) is 5.88 Å². The maximum Gasteiger partial charge on any atom is 0.233 e. The summed E-state index contributed by atoms with van der Waals surface area (Å²) < 4.78 is 7.02. The minimum Gasteiger partial charge on any atom is -0.475 e. The van der Waals surface area contributed by atoms with Gasteiger partial charge in [-0.25, -0.2) is 4.68 Å². The Morgan fingerprint density at radius 2 is 1.94 bits per heavy atom. The number of nitrogens with zero attached hydrogens (tertiary/aromatic N) is 2. The first-order valence-electron chi connectivity index (χ1n) is 4.94. The Kier molecular flexibility index (Phi) is 5.28. The molecule has 0 fully saturated rings. The van der Waals surface area contributed by atoms with Gasteiger partial charge in [0.15, 0.2) is 0 Å². The Hall–Kier alpha value is -1.23. The summed E-state index contributed by atoms with van der Waals surface area (Å²) >= 11 is 5.80. The summed E-state index contributed by atoms with van der Waals surface area (Å²) in [6.45, 7) is 0.950.